The first-order valence-electron chi connectivity index (χ1n) is 8.82. The highest BCUT2D eigenvalue weighted by molar-refractivity contribution is 5.79. The molecule has 0 spiro atoms. The summed E-state index contributed by atoms with van der Waals surface area (Å²) in [5.74, 6) is 2.32. The monoisotopic (exact) mass is 356 g/mol. The number of benzene rings is 1. The van der Waals surface area contributed by atoms with Crippen LogP contribution in [0.5, 0.6) is 11.5 Å². The van der Waals surface area contributed by atoms with E-state index in [1.54, 1.807) is 25.7 Å². The van der Waals surface area contributed by atoms with E-state index in [2.05, 4.69) is 20.2 Å². The van der Waals surface area contributed by atoms with Gasteiger partial charge in [-0.05, 0) is 25.0 Å². The molecule has 7 nitrogen and oxygen atoms in total. The normalized spacial score (nSPS) is 16.8. The number of methoxy groups -OCH3 is 1. The Hall–Kier alpha value is -2.83. The van der Waals surface area contributed by atoms with Crippen LogP contribution in [0.4, 0.5) is 5.82 Å². The van der Waals surface area contributed by atoms with E-state index in [9.17, 15) is 4.79 Å². The highest BCUT2D eigenvalue weighted by Gasteiger charge is 2.26. The summed E-state index contributed by atoms with van der Waals surface area (Å²) in [7, 11) is 1.62. The van der Waals surface area contributed by atoms with Gasteiger partial charge in [0.25, 0.3) is 0 Å². The van der Waals surface area contributed by atoms with Crippen molar-refractivity contribution >= 4 is 11.7 Å². The number of nitrogens with zero attached hydrogens (tertiary/aromatic N) is 3. The topological polar surface area (TPSA) is 76.6 Å². The smallest absolute Gasteiger partial charge is 0.225 e. The van der Waals surface area contributed by atoms with Crippen LogP contribution < -0.4 is 19.7 Å². The first-order chi connectivity index (χ1) is 12.8. The van der Waals surface area contributed by atoms with E-state index in [1.807, 2.05) is 24.3 Å². The minimum Gasteiger partial charge on any atom is -0.497 e. The van der Waals surface area contributed by atoms with E-state index < -0.39 is 0 Å². The molecule has 2 aromatic rings. The van der Waals surface area contributed by atoms with Gasteiger partial charge < -0.3 is 19.7 Å². The standard InChI is InChI=1S/C19H24N4O3/c1-25-16-5-2-6-17(12-16)26-11-9-22-19(24)15-4-3-10-23(14-15)18-13-20-7-8-21-18/h2,5-8,12-13,15H,3-4,9-11,14H2,1H3,(H,22,24). The fourth-order valence-corrected chi connectivity index (χ4v) is 3.03. The van der Waals surface area contributed by atoms with Crippen LogP contribution in [-0.2, 0) is 4.79 Å². The van der Waals surface area contributed by atoms with Gasteiger partial charge in [0.2, 0.25) is 5.91 Å². The van der Waals surface area contributed by atoms with Gasteiger partial charge in [0.15, 0.2) is 0 Å². The molecule has 1 aliphatic heterocycles. The largest absolute Gasteiger partial charge is 0.497 e. The molecular formula is C19H24N4O3. The lowest BCUT2D eigenvalue weighted by molar-refractivity contribution is -0.125. The minimum atomic E-state index is -0.0393. The summed E-state index contributed by atoms with van der Waals surface area (Å²) >= 11 is 0. The second kappa shape index (κ2) is 9.03. The van der Waals surface area contributed by atoms with Crippen LogP contribution in [0.3, 0.4) is 0 Å². The zero-order chi connectivity index (χ0) is 18.2. The van der Waals surface area contributed by atoms with Crippen molar-refractivity contribution in [3.05, 3.63) is 42.9 Å². The maximum Gasteiger partial charge on any atom is 0.225 e. The zero-order valence-electron chi connectivity index (χ0n) is 14.9. The number of ether oxygens (including phenoxy) is 2. The van der Waals surface area contributed by atoms with E-state index in [0.717, 1.165) is 36.7 Å². The number of hydrogen-bond donors (Lipinski definition) is 1. The van der Waals surface area contributed by atoms with Gasteiger partial charge in [-0.1, -0.05) is 6.07 Å². The molecule has 0 radical (unpaired) electrons. The van der Waals surface area contributed by atoms with Crippen molar-refractivity contribution in [3.8, 4) is 11.5 Å². The van der Waals surface area contributed by atoms with Crippen LogP contribution in [0, 0.1) is 5.92 Å². The minimum absolute atomic E-state index is 0.0393. The molecule has 1 N–H and O–H groups in total. The second-order valence-corrected chi connectivity index (χ2v) is 6.17. The Morgan fingerprint density at radius 2 is 2.23 bits per heavy atom. The second-order valence-electron chi connectivity index (χ2n) is 6.17. The summed E-state index contributed by atoms with van der Waals surface area (Å²) in [4.78, 5) is 23.0. The zero-order valence-corrected chi connectivity index (χ0v) is 14.9. The van der Waals surface area contributed by atoms with Gasteiger partial charge in [0, 0.05) is 31.5 Å². The average molecular weight is 356 g/mol. The van der Waals surface area contributed by atoms with Gasteiger partial charge in [-0.3, -0.25) is 9.78 Å². The number of carbonyl (C=O) groups excluding carboxylic acids is 1. The van der Waals surface area contributed by atoms with Gasteiger partial charge >= 0.3 is 0 Å². The summed E-state index contributed by atoms with van der Waals surface area (Å²) in [6, 6.07) is 7.42. The molecule has 0 bridgehead atoms. The van der Waals surface area contributed by atoms with Crippen LogP contribution in [-0.4, -0.2) is 49.2 Å². The van der Waals surface area contributed by atoms with Crippen molar-refractivity contribution in [2.45, 2.75) is 12.8 Å². The predicted molar refractivity (Wildman–Crippen MR) is 98.5 cm³/mol. The Kier molecular flexibility index (Phi) is 6.24. The van der Waals surface area contributed by atoms with E-state index in [4.69, 9.17) is 9.47 Å². The number of aromatic nitrogens is 2. The van der Waals surface area contributed by atoms with E-state index in [-0.39, 0.29) is 11.8 Å². The Labute approximate surface area is 153 Å². The molecule has 1 fully saturated rings. The Morgan fingerprint density at radius 1 is 1.35 bits per heavy atom. The Morgan fingerprint density at radius 3 is 3.04 bits per heavy atom. The fraction of sp³-hybridized carbons (Fsp3) is 0.421. The lowest BCUT2D eigenvalue weighted by Crippen LogP contribution is -2.44. The number of hydrogen-bond acceptors (Lipinski definition) is 6. The summed E-state index contributed by atoms with van der Waals surface area (Å²) < 4.78 is 10.8. The Balaban J connectivity index is 1.43. The highest BCUT2D eigenvalue weighted by atomic mass is 16.5. The van der Waals surface area contributed by atoms with Crippen LogP contribution in [0.25, 0.3) is 0 Å². The number of carbonyl (C=O) groups is 1. The third-order valence-corrected chi connectivity index (χ3v) is 4.38. The molecule has 1 amide bonds. The van der Waals surface area contributed by atoms with Crippen molar-refractivity contribution in [1.82, 2.24) is 15.3 Å². The first kappa shape index (κ1) is 18.0. The molecule has 7 heteroatoms. The number of amides is 1. The quantitative estimate of drug-likeness (QED) is 0.764. The number of anilines is 1. The third kappa shape index (κ3) is 4.84. The molecule has 26 heavy (non-hydrogen) atoms. The average Bonchev–Trinajstić information content (AvgIpc) is 2.72. The first-order valence-corrected chi connectivity index (χ1v) is 8.82. The highest BCUT2D eigenvalue weighted by Crippen LogP contribution is 2.21. The van der Waals surface area contributed by atoms with Crippen LogP contribution in [0.15, 0.2) is 42.9 Å². The molecular weight excluding hydrogens is 332 g/mol. The molecule has 0 aliphatic carbocycles. The molecule has 1 saturated heterocycles. The number of piperidine rings is 1. The van der Waals surface area contributed by atoms with Crippen LogP contribution >= 0.6 is 0 Å². The van der Waals surface area contributed by atoms with Crippen molar-refractivity contribution < 1.29 is 14.3 Å². The van der Waals surface area contributed by atoms with Gasteiger partial charge in [0.1, 0.15) is 23.9 Å². The summed E-state index contributed by atoms with van der Waals surface area (Å²) in [6.45, 7) is 2.46. The molecule has 1 atom stereocenters. The van der Waals surface area contributed by atoms with Crippen LogP contribution in [0.2, 0.25) is 0 Å². The third-order valence-electron chi connectivity index (χ3n) is 4.38. The summed E-state index contributed by atoms with van der Waals surface area (Å²) in [6.07, 6.45) is 6.92. The maximum atomic E-state index is 12.4. The van der Waals surface area contributed by atoms with Crippen LogP contribution in [0.1, 0.15) is 12.8 Å². The SMILES string of the molecule is COc1cccc(OCCNC(=O)C2CCCN(c3cnccn3)C2)c1. The van der Waals surface area contributed by atoms with Crippen molar-refractivity contribution in [3.63, 3.8) is 0 Å². The molecule has 1 aromatic heterocycles. The number of nitrogens with one attached hydrogen (secondary N) is 1. The molecule has 1 aromatic carbocycles. The molecule has 3 rings (SSSR count). The van der Waals surface area contributed by atoms with Gasteiger partial charge in [0.05, 0.1) is 25.8 Å². The Bertz CT molecular complexity index is 711. The van der Waals surface area contributed by atoms with Gasteiger partial charge in [-0.25, -0.2) is 4.98 Å². The molecule has 138 valence electrons. The van der Waals surface area contributed by atoms with Gasteiger partial charge in [-0.2, -0.15) is 0 Å². The number of rotatable bonds is 7. The van der Waals surface area contributed by atoms with E-state index in [1.165, 1.54) is 0 Å². The van der Waals surface area contributed by atoms with Crippen molar-refractivity contribution in [1.29, 1.82) is 0 Å². The lowest BCUT2D eigenvalue weighted by atomic mass is 9.97. The lowest BCUT2D eigenvalue weighted by Gasteiger charge is -2.32. The van der Waals surface area contributed by atoms with E-state index in [0.29, 0.717) is 19.7 Å². The predicted octanol–water partition coefficient (Wildman–Crippen LogP) is 1.90. The molecule has 0 saturated carbocycles. The van der Waals surface area contributed by atoms with Crippen molar-refractivity contribution in [2.75, 3.05) is 38.3 Å². The summed E-state index contributed by atoms with van der Waals surface area (Å²) in [5, 5.41) is 2.97. The van der Waals surface area contributed by atoms with Gasteiger partial charge in [-0.15, -0.1) is 0 Å². The molecule has 1 unspecified atom stereocenters. The molecule has 1 aliphatic rings. The van der Waals surface area contributed by atoms with E-state index >= 15 is 0 Å². The van der Waals surface area contributed by atoms with Crippen molar-refractivity contribution in [2.24, 2.45) is 5.92 Å². The fourth-order valence-electron chi connectivity index (χ4n) is 3.03. The summed E-state index contributed by atoms with van der Waals surface area (Å²) in [5.41, 5.74) is 0. The molecule has 2 heterocycles. The maximum absolute atomic E-state index is 12.4.